The van der Waals surface area contributed by atoms with Crippen molar-refractivity contribution in [3.8, 4) is 0 Å². The molecule has 0 N–H and O–H groups in total. The minimum absolute atomic E-state index is 0.117. The van der Waals surface area contributed by atoms with Crippen LogP contribution in [0.5, 0.6) is 0 Å². The van der Waals surface area contributed by atoms with Crippen LogP contribution in [0, 0.1) is 5.41 Å². The van der Waals surface area contributed by atoms with Crippen LogP contribution in [0.2, 0.25) is 13.1 Å². The lowest BCUT2D eigenvalue weighted by Crippen LogP contribution is -2.11. The smallest absolute Gasteiger partial charge is 0.000798 e. The Morgan fingerprint density at radius 3 is 1.50 bits per heavy atom. The molecule has 0 aromatic rings. The van der Waals surface area contributed by atoms with E-state index in [0.717, 1.165) is 0 Å². The molecule has 0 aliphatic heterocycles. The Hall–Kier alpha value is 0.0869. The molecule has 0 aliphatic carbocycles. The molecule has 0 bridgehead atoms. The molecule has 0 spiro atoms. The number of hydrogen-bond donors (Lipinski definition) is 0. The molecule has 0 unspecified atom stereocenters. The first-order valence-corrected chi connectivity index (χ1v) is 5.65. The molecule has 48 valence electrons. The van der Waals surface area contributed by atoms with E-state index in [9.17, 15) is 0 Å². The van der Waals surface area contributed by atoms with Crippen molar-refractivity contribution in [2.45, 2.75) is 33.9 Å². The van der Waals surface area contributed by atoms with Crippen LogP contribution >= 0.6 is 0 Å². The number of rotatable bonds is 0. The summed E-state index contributed by atoms with van der Waals surface area (Å²) in [4.78, 5) is 0. The van der Waals surface area contributed by atoms with Crippen LogP contribution in [0.25, 0.3) is 0 Å². The second-order valence-corrected chi connectivity index (χ2v) is 6.03. The van der Waals surface area contributed by atoms with Crippen molar-refractivity contribution in [3.05, 3.63) is 0 Å². The average Bonchev–Trinajstić information content (AvgIpc) is 1.21. The third-order valence-electron chi connectivity index (χ3n) is 0.722. The van der Waals surface area contributed by atoms with Gasteiger partial charge in [0, 0.05) is 0 Å². The second kappa shape index (κ2) is 2.58. The van der Waals surface area contributed by atoms with Gasteiger partial charge in [0.2, 0.25) is 0 Å². The van der Waals surface area contributed by atoms with Gasteiger partial charge >= 0.3 is 0 Å². The summed E-state index contributed by atoms with van der Waals surface area (Å²) in [5.74, 6) is 0. The van der Waals surface area contributed by atoms with Crippen LogP contribution < -0.4 is 0 Å². The normalized spacial score (nSPS) is 11.1. The summed E-state index contributed by atoms with van der Waals surface area (Å²) < 4.78 is 0. The van der Waals surface area contributed by atoms with Crippen LogP contribution in [0.1, 0.15) is 20.8 Å². The van der Waals surface area contributed by atoms with Crippen LogP contribution in [0.15, 0.2) is 0 Å². The Labute approximate surface area is 54.1 Å². The van der Waals surface area contributed by atoms with Gasteiger partial charge in [0.25, 0.3) is 0 Å². The van der Waals surface area contributed by atoms with Crippen molar-refractivity contribution < 1.29 is 0 Å². The standard InChI is InChI=1S/C7H16Si/c1-7(2,3)6-8(4)5/h6H,1-5H3. The lowest BCUT2D eigenvalue weighted by atomic mass is 10.0. The molecular weight excluding hydrogens is 112 g/mol. The van der Waals surface area contributed by atoms with E-state index in [4.69, 9.17) is 0 Å². The quantitative estimate of drug-likeness (QED) is 0.439. The molecule has 0 nitrogen and oxygen atoms in total. The molecule has 0 atom stereocenters. The Morgan fingerprint density at radius 1 is 1.12 bits per heavy atom. The van der Waals surface area contributed by atoms with Gasteiger partial charge in [-0.3, -0.25) is 0 Å². The summed E-state index contributed by atoms with van der Waals surface area (Å²) in [6.07, 6.45) is 0. The van der Waals surface area contributed by atoms with E-state index in [2.05, 4.69) is 39.5 Å². The van der Waals surface area contributed by atoms with Gasteiger partial charge in [-0.2, -0.15) is 0 Å². The largest absolute Gasteiger partial charge is 0.0988 e. The van der Waals surface area contributed by atoms with Crippen molar-refractivity contribution in [3.63, 3.8) is 0 Å². The first-order chi connectivity index (χ1) is 3.42. The van der Waals surface area contributed by atoms with Gasteiger partial charge in [0.1, 0.15) is 0 Å². The minimum Gasteiger partial charge on any atom is -0.0988 e. The third kappa shape index (κ3) is 6.09. The molecule has 0 aromatic heterocycles. The van der Waals surface area contributed by atoms with Crippen molar-refractivity contribution >= 4 is 14.1 Å². The van der Waals surface area contributed by atoms with E-state index < -0.39 is 0 Å². The summed E-state index contributed by atoms with van der Waals surface area (Å²) in [6, 6.07) is 0. The maximum atomic E-state index is 2.46. The molecule has 0 saturated heterocycles. The summed E-state index contributed by atoms with van der Waals surface area (Å²) in [5, 5.41) is 0. The van der Waals surface area contributed by atoms with Crippen LogP contribution in [-0.2, 0) is 0 Å². The molecule has 0 amide bonds. The van der Waals surface area contributed by atoms with Gasteiger partial charge in [0.15, 0.2) is 0 Å². The van der Waals surface area contributed by atoms with Gasteiger partial charge in [-0.05, 0) is 13.8 Å². The van der Waals surface area contributed by atoms with Crippen LogP contribution in [-0.4, -0.2) is 14.1 Å². The Balaban J connectivity index is 3.89. The van der Waals surface area contributed by atoms with E-state index in [1.807, 2.05) is 0 Å². The maximum Gasteiger partial charge on any atom is -0.000798 e. The topological polar surface area (TPSA) is 0 Å². The minimum atomic E-state index is -0.117. The Bertz CT molecular complexity index is 91.4. The van der Waals surface area contributed by atoms with E-state index in [1.165, 1.54) is 0 Å². The highest BCUT2D eigenvalue weighted by Gasteiger charge is 2.03. The summed E-state index contributed by atoms with van der Waals surface area (Å²) in [6.45, 7) is 11.4. The fraction of sp³-hybridized carbons (Fsp3) is 0.857. The number of hydrogen-bond acceptors (Lipinski definition) is 0. The lowest BCUT2D eigenvalue weighted by molar-refractivity contribution is 0.614. The zero-order valence-corrected chi connectivity index (χ0v) is 7.58. The van der Waals surface area contributed by atoms with Crippen LogP contribution in [0.4, 0.5) is 0 Å². The summed E-state index contributed by atoms with van der Waals surface area (Å²) >= 11 is 0. The molecule has 1 heteroatoms. The first-order valence-electron chi connectivity index (χ1n) is 3.08. The van der Waals surface area contributed by atoms with Crippen molar-refractivity contribution in [1.29, 1.82) is 0 Å². The van der Waals surface area contributed by atoms with Crippen molar-refractivity contribution in [2.75, 3.05) is 0 Å². The second-order valence-electron chi connectivity index (χ2n) is 3.59. The van der Waals surface area contributed by atoms with E-state index in [0.29, 0.717) is 5.41 Å². The van der Waals surface area contributed by atoms with Gasteiger partial charge in [-0.25, -0.2) is 0 Å². The molecule has 0 aliphatic rings. The predicted molar refractivity (Wildman–Crippen MR) is 43.0 cm³/mol. The van der Waals surface area contributed by atoms with E-state index >= 15 is 0 Å². The molecule has 0 rings (SSSR count). The van der Waals surface area contributed by atoms with Crippen molar-refractivity contribution in [2.24, 2.45) is 5.41 Å². The molecule has 0 heterocycles. The Morgan fingerprint density at radius 2 is 1.50 bits per heavy atom. The molecule has 0 saturated carbocycles. The van der Waals surface area contributed by atoms with Crippen molar-refractivity contribution in [1.82, 2.24) is 0 Å². The molecular formula is C7H16Si. The van der Waals surface area contributed by atoms with Gasteiger partial charge < -0.3 is 0 Å². The highest BCUT2D eigenvalue weighted by Crippen LogP contribution is 2.07. The van der Waals surface area contributed by atoms with E-state index in [1.54, 1.807) is 0 Å². The molecule has 0 aromatic carbocycles. The van der Waals surface area contributed by atoms with E-state index in [-0.39, 0.29) is 8.41 Å². The Kier molecular flexibility index (Phi) is 2.61. The summed E-state index contributed by atoms with van der Waals surface area (Å²) in [5.41, 5.74) is 2.90. The fourth-order valence-electron chi connectivity index (χ4n) is 0.866. The van der Waals surface area contributed by atoms with Gasteiger partial charge in [-0.15, -0.1) is 0 Å². The molecule has 0 radical (unpaired) electrons. The zero-order chi connectivity index (χ0) is 6.78. The third-order valence-corrected chi connectivity index (χ3v) is 2.17. The highest BCUT2D eigenvalue weighted by molar-refractivity contribution is 6.64. The zero-order valence-electron chi connectivity index (χ0n) is 6.58. The first kappa shape index (κ1) is 8.09. The highest BCUT2D eigenvalue weighted by atomic mass is 28.2. The molecule has 8 heavy (non-hydrogen) atoms. The summed E-state index contributed by atoms with van der Waals surface area (Å²) in [7, 11) is -0.117. The average molecular weight is 128 g/mol. The monoisotopic (exact) mass is 128 g/mol. The maximum absolute atomic E-state index is 2.46. The predicted octanol–water partition coefficient (Wildman–Crippen LogP) is 2.17. The van der Waals surface area contributed by atoms with Gasteiger partial charge in [-0.1, -0.05) is 39.5 Å². The lowest BCUT2D eigenvalue weighted by Gasteiger charge is -2.11. The molecule has 0 fully saturated rings. The van der Waals surface area contributed by atoms with Crippen LogP contribution in [0.3, 0.4) is 0 Å². The fourth-order valence-corrected chi connectivity index (χ4v) is 2.60. The van der Waals surface area contributed by atoms with Gasteiger partial charge in [0.05, 0.1) is 0 Å². The SMILES string of the molecule is C[Si](C)=CC(C)(C)C.